The van der Waals surface area contributed by atoms with Crippen molar-refractivity contribution in [2.24, 2.45) is 0 Å². The third kappa shape index (κ3) is 4.16. The number of hydrogen-bond donors (Lipinski definition) is 2. The Bertz CT molecular complexity index is 644. The van der Waals surface area contributed by atoms with Gasteiger partial charge < -0.3 is 10.6 Å². The predicted molar refractivity (Wildman–Crippen MR) is 92.5 cm³/mol. The van der Waals surface area contributed by atoms with E-state index in [0.717, 1.165) is 24.2 Å². The van der Waals surface area contributed by atoms with Crippen molar-refractivity contribution in [1.29, 1.82) is 0 Å². The van der Waals surface area contributed by atoms with Crippen molar-refractivity contribution in [3.63, 3.8) is 0 Å². The molecule has 0 aliphatic carbocycles. The van der Waals surface area contributed by atoms with Gasteiger partial charge in [-0.3, -0.25) is 0 Å². The summed E-state index contributed by atoms with van der Waals surface area (Å²) in [5.41, 5.74) is 1.85. The SMILES string of the molecule is CCCNc1nc(Nc2cc(C)ccc2Cl)c(Cl)cc1Cl. The number of hydrogen-bond acceptors (Lipinski definition) is 3. The zero-order valence-electron chi connectivity index (χ0n) is 11.8. The Morgan fingerprint density at radius 1 is 1.00 bits per heavy atom. The summed E-state index contributed by atoms with van der Waals surface area (Å²) in [4.78, 5) is 4.43. The lowest BCUT2D eigenvalue weighted by atomic mass is 10.2. The van der Waals surface area contributed by atoms with Crippen molar-refractivity contribution in [3.8, 4) is 0 Å². The van der Waals surface area contributed by atoms with Gasteiger partial charge in [-0.2, -0.15) is 0 Å². The zero-order valence-corrected chi connectivity index (χ0v) is 14.1. The number of anilines is 3. The van der Waals surface area contributed by atoms with E-state index in [9.17, 15) is 0 Å². The van der Waals surface area contributed by atoms with Crippen LogP contribution in [0.4, 0.5) is 17.3 Å². The average molecular weight is 345 g/mol. The summed E-state index contributed by atoms with van der Waals surface area (Å²) < 4.78 is 0. The molecule has 0 amide bonds. The van der Waals surface area contributed by atoms with Gasteiger partial charge in [0, 0.05) is 6.54 Å². The summed E-state index contributed by atoms with van der Waals surface area (Å²) >= 11 is 18.5. The number of pyridine rings is 1. The maximum Gasteiger partial charge on any atom is 0.151 e. The molecule has 0 radical (unpaired) electrons. The van der Waals surface area contributed by atoms with Crippen LogP contribution in [0.3, 0.4) is 0 Å². The van der Waals surface area contributed by atoms with Gasteiger partial charge in [0.2, 0.25) is 0 Å². The van der Waals surface area contributed by atoms with Gasteiger partial charge in [-0.1, -0.05) is 47.8 Å². The fourth-order valence-electron chi connectivity index (χ4n) is 1.78. The Labute approximate surface area is 139 Å². The monoisotopic (exact) mass is 343 g/mol. The molecule has 0 saturated carbocycles. The molecule has 3 nitrogen and oxygen atoms in total. The summed E-state index contributed by atoms with van der Waals surface area (Å²) in [6, 6.07) is 7.38. The number of halogens is 3. The van der Waals surface area contributed by atoms with E-state index in [1.807, 2.05) is 25.1 Å². The number of nitrogens with one attached hydrogen (secondary N) is 2. The molecule has 2 aromatic rings. The van der Waals surface area contributed by atoms with Gasteiger partial charge in [0.1, 0.15) is 5.82 Å². The van der Waals surface area contributed by atoms with Gasteiger partial charge in [-0.25, -0.2) is 4.98 Å². The van der Waals surface area contributed by atoms with Crippen molar-refractivity contribution in [2.45, 2.75) is 20.3 Å². The maximum atomic E-state index is 6.20. The fourth-order valence-corrected chi connectivity index (χ4v) is 2.42. The van der Waals surface area contributed by atoms with Crippen molar-refractivity contribution in [3.05, 3.63) is 44.9 Å². The molecule has 0 spiro atoms. The summed E-state index contributed by atoms with van der Waals surface area (Å²) in [5.74, 6) is 1.13. The molecule has 2 rings (SSSR count). The minimum Gasteiger partial charge on any atom is -0.369 e. The Balaban J connectivity index is 2.32. The van der Waals surface area contributed by atoms with Crippen LogP contribution in [-0.2, 0) is 0 Å². The smallest absolute Gasteiger partial charge is 0.151 e. The first-order chi connectivity index (χ1) is 10.0. The zero-order chi connectivity index (χ0) is 15.4. The van der Waals surface area contributed by atoms with E-state index >= 15 is 0 Å². The van der Waals surface area contributed by atoms with Crippen LogP contribution in [0, 0.1) is 6.92 Å². The van der Waals surface area contributed by atoms with Crippen LogP contribution in [0.15, 0.2) is 24.3 Å². The Morgan fingerprint density at radius 3 is 2.43 bits per heavy atom. The van der Waals surface area contributed by atoms with Crippen molar-refractivity contribution >= 4 is 52.1 Å². The largest absolute Gasteiger partial charge is 0.369 e. The normalized spacial score (nSPS) is 10.5. The van der Waals surface area contributed by atoms with Gasteiger partial charge in [0.15, 0.2) is 5.82 Å². The number of nitrogens with zero attached hydrogens (tertiary/aromatic N) is 1. The lowest BCUT2D eigenvalue weighted by molar-refractivity contribution is 0.970. The number of rotatable bonds is 5. The van der Waals surface area contributed by atoms with E-state index in [-0.39, 0.29) is 0 Å². The summed E-state index contributed by atoms with van der Waals surface area (Å²) in [6.07, 6.45) is 0.979. The molecule has 0 atom stereocenters. The highest BCUT2D eigenvalue weighted by Gasteiger charge is 2.11. The molecule has 0 aliphatic heterocycles. The van der Waals surface area contributed by atoms with E-state index in [1.54, 1.807) is 6.07 Å². The van der Waals surface area contributed by atoms with E-state index in [0.29, 0.717) is 26.7 Å². The number of benzene rings is 1. The second-order valence-corrected chi connectivity index (χ2v) is 5.91. The van der Waals surface area contributed by atoms with Crippen LogP contribution >= 0.6 is 34.8 Å². The fraction of sp³-hybridized carbons (Fsp3) is 0.267. The lowest BCUT2D eigenvalue weighted by Gasteiger charge is -2.13. The molecule has 0 aliphatic rings. The predicted octanol–water partition coefficient (Wildman–Crippen LogP) is 5.92. The van der Waals surface area contributed by atoms with Crippen LogP contribution in [0.2, 0.25) is 15.1 Å². The minimum atomic E-state index is 0.444. The van der Waals surface area contributed by atoms with Gasteiger partial charge in [0.05, 0.1) is 20.8 Å². The third-order valence-corrected chi connectivity index (χ3v) is 3.75. The minimum absolute atomic E-state index is 0.444. The molecule has 0 unspecified atom stereocenters. The molecule has 2 N–H and O–H groups in total. The Kier molecular flexibility index (Phi) is 5.57. The Morgan fingerprint density at radius 2 is 1.71 bits per heavy atom. The molecule has 0 bridgehead atoms. The maximum absolute atomic E-state index is 6.20. The molecule has 0 saturated heterocycles. The van der Waals surface area contributed by atoms with Crippen LogP contribution < -0.4 is 10.6 Å². The molecule has 112 valence electrons. The molecule has 21 heavy (non-hydrogen) atoms. The second-order valence-electron chi connectivity index (χ2n) is 4.68. The van der Waals surface area contributed by atoms with Crippen molar-refractivity contribution in [1.82, 2.24) is 4.98 Å². The van der Waals surface area contributed by atoms with Gasteiger partial charge in [-0.05, 0) is 37.1 Å². The lowest BCUT2D eigenvalue weighted by Crippen LogP contribution is -2.05. The van der Waals surface area contributed by atoms with Crippen molar-refractivity contribution < 1.29 is 0 Å². The average Bonchev–Trinajstić information content (AvgIpc) is 2.44. The van der Waals surface area contributed by atoms with Gasteiger partial charge in [0.25, 0.3) is 0 Å². The van der Waals surface area contributed by atoms with Crippen LogP contribution in [0.25, 0.3) is 0 Å². The molecule has 1 aromatic heterocycles. The van der Waals surface area contributed by atoms with E-state index < -0.39 is 0 Å². The molecule has 0 fully saturated rings. The number of aromatic nitrogens is 1. The van der Waals surface area contributed by atoms with E-state index in [4.69, 9.17) is 34.8 Å². The van der Waals surface area contributed by atoms with Crippen molar-refractivity contribution in [2.75, 3.05) is 17.2 Å². The quantitative estimate of drug-likeness (QED) is 0.707. The first kappa shape index (κ1) is 16.2. The van der Waals surface area contributed by atoms with Gasteiger partial charge in [-0.15, -0.1) is 0 Å². The summed E-state index contributed by atoms with van der Waals surface area (Å²) in [6.45, 7) is 4.86. The first-order valence-corrected chi connectivity index (χ1v) is 7.77. The first-order valence-electron chi connectivity index (χ1n) is 6.64. The second kappa shape index (κ2) is 7.21. The standard InChI is InChI=1S/C15H16Cl3N3/c1-3-6-19-14-11(17)8-12(18)15(21-14)20-13-7-9(2)4-5-10(13)16/h4-5,7-8H,3,6H2,1-2H3,(H2,19,20,21). The molecule has 1 aromatic carbocycles. The summed E-state index contributed by atoms with van der Waals surface area (Å²) in [5, 5.41) is 7.87. The Hall–Kier alpha value is -1.16. The highest BCUT2D eigenvalue weighted by molar-refractivity contribution is 6.37. The van der Waals surface area contributed by atoms with Crippen LogP contribution in [-0.4, -0.2) is 11.5 Å². The van der Waals surface area contributed by atoms with E-state index in [2.05, 4.69) is 22.5 Å². The van der Waals surface area contributed by atoms with Crippen LogP contribution in [0.5, 0.6) is 0 Å². The van der Waals surface area contributed by atoms with E-state index in [1.165, 1.54) is 0 Å². The molecule has 6 heteroatoms. The highest BCUT2D eigenvalue weighted by atomic mass is 35.5. The van der Waals surface area contributed by atoms with Crippen LogP contribution in [0.1, 0.15) is 18.9 Å². The molecule has 1 heterocycles. The molecular formula is C15H16Cl3N3. The highest BCUT2D eigenvalue weighted by Crippen LogP contribution is 2.33. The number of aryl methyl sites for hydroxylation is 1. The topological polar surface area (TPSA) is 37.0 Å². The van der Waals surface area contributed by atoms with Gasteiger partial charge >= 0.3 is 0 Å². The summed E-state index contributed by atoms with van der Waals surface area (Å²) in [7, 11) is 0. The molecular weight excluding hydrogens is 329 g/mol. The third-order valence-electron chi connectivity index (χ3n) is 2.85.